The van der Waals surface area contributed by atoms with E-state index in [0.717, 1.165) is 11.1 Å². The number of ether oxygens (including phenoxy) is 3. The smallest absolute Gasteiger partial charge is 0.453 e. The summed E-state index contributed by atoms with van der Waals surface area (Å²) in [5, 5.41) is -0.109. The average Bonchev–Trinajstić information content (AvgIpc) is 2.84. The molecule has 0 N–H and O–H groups in total. The topological polar surface area (TPSA) is 75.0 Å². The van der Waals surface area contributed by atoms with Crippen LogP contribution >= 0.6 is 0 Å². The predicted molar refractivity (Wildman–Crippen MR) is 121 cm³/mol. The number of aryl methyl sites for hydroxylation is 1. The Hall–Kier alpha value is -4.27. The third-order valence-corrected chi connectivity index (χ3v) is 5.23. The number of hydrogen-bond donors (Lipinski definition) is 0. The largest absolute Gasteiger partial charge is 0.489 e. The van der Waals surface area contributed by atoms with E-state index in [2.05, 4.69) is 4.74 Å². The lowest BCUT2D eigenvalue weighted by Crippen LogP contribution is -2.15. The first-order valence-electron chi connectivity index (χ1n) is 10.4. The van der Waals surface area contributed by atoms with E-state index >= 15 is 0 Å². The molecule has 9 heteroatoms. The van der Waals surface area contributed by atoms with Gasteiger partial charge < -0.3 is 18.6 Å². The van der Waals surface area contributed by atoms with Gasteiger partial charge in [-0.05, 0) is 54.4 Å². The molecule has 0 aliphatic carbocycles. The van der Waals surface area contributed by atoms with Crippen molar-refractivity contribution in [1.29, 1.82) is 0 Å². The molecule has 180 valence electrons. The van der Waals surface area contributed by atoms with Crippen LogP contribution in [0.15, 0.2) is 75.9 Å². The highest BCUT2D eigenvalue weighted by molar-refractivity contribution is 5.89. The fraction of sp³-hybridized carbons (Fsp3) is 0.154. The second-order valence-corrected chi connectivity index (χ2v) is 7.58. The van der Waals surface area contributed by atoms with Crippen molar-refractivity contribution in [1.82, 2.24) is 0 Å². The van der Waals surface area contributed by atoms with E-state index in [0.29, 0.717) is 0 Å². The van der Waals surface area contributed by atoms with Gasteiger partial charge >= 0.3 is 12.1 Å². The maximum atomic E-state index is 13.8. The lowest BCUT2D eigenvalue weighted by molar-refractivity contribution is -0.154. The van der Waals surface area contributed by atoms with Crippen LogP contribution in [0.4, 0.5) is 13.2 Å². The minimum absolute atomic E-state index is 0.0898. The Bertz CT molecular complexity index is 1440. The zero-order chi connectivity index (χ0) is 25.2. The van der Waals surface area contributed by atoms with Crippen molar-refractivity contribution in [2.24, 2.45) is 0 Å². The third-order valence-electron chi connectivity index (χ3n) is 5.23. The molecule has 1 aromatic heterocycles. The fourth-order valence-electron chi connectivity index (χ4n) is 3.35. The molecule has 0 bridgehead atoms. The first kappa shape index (κ1) is 23.9. The summed E-state index contributed by atoms with van der Waals surface area (Å²) in [5.74, 6) is -3.07. The predicted octanol–water partition coefficient (Wildman–Crippen LogP) is 6.28. The molecule has 0 saturated heterocycles. The summed E-state index contributed by atoms with van der Waals surface area (Å²) in [5.41, 5.74) is 0.784. The third kappa shape index (κ3) is 5.13. The number of alkyl halides is 3. The van der Waals surface area contributed by atoms with Gasteiger partial charge in [0.15, 0.2) is 0 Å². The van der Waals surface area contributed by atoms with Gasteiger partial charge in [0, 0.05) is 6.07 Å². The quantitative estimate of drug-likeness (QED) is 0.300. The minimum atomic E-state index is -5.01. The normalized spacial score (nSPS) is 11.3. The van der Waals surface area contributed by atoms with Gasteiger partial charge in [0.2, 0.25) is 11.2 Å². The number of halogens is 3. The molecule has 0 unspecified atom stereocenters. The van der Waals surface area contributed by atoms with Crippen LogP contribution in [-0.2, 0) is 17.5 Å². The Labute approximate surface area is 197 Å². The highest BCUT2D eigenvalue weighted by Gasteiger charge is 2.40. The van der Waals surface area contributed by atoms with Crippen LogP contribution in [0.5, 0.6) is 17.2 Å². The van der Waals surface area contributed by atoms with E-state index in [4.69, 9.17) is 13.9 Å². The molecule has 0 saturated carbocycles. The van der Waals surface area contributed by atoms with Gasteiger partial charge in [0.05, 0.1) is 18.1 Å². The molecule has 0 aliphatic rings. The van der Waals surface area contributed by atoms with E-state index in [1.165, 1.54) is 49.6 Å². The number of hydrogen-bond acceptors (Lipinski definition) is 6. The molecule has 6 nitrogen and oxygen atoms in total. The zero-order valence-corrected chi connectivity index (χ0v) is 18.6. The van der Waals surface area contributed by atoms with E-state index in [-0.39, 0.29) is 34.6 Å². The Morgan fingerprint density at radius 1 is 0.971 bits per heavy atom. The van der Waals surface area contributed by atoms with Crippen LogP contribution in [-0.4, -0.2) is 13.1 Å². The molecule has 4 aromatic rings. The molecular weight excluding hydrogens is 465 g/mol. The Kier molecular flexibility index (Phi) is 6.50. The van der Waals surface area contributed by atoms with Gasteiger partial charge in [-0.1, -0.05) is 24.3 Å². The first-order valence-corrected chi connectivity index (χ1v) is 10.4. The van der Waals surface area contributed by atoms with Crippen molar-refractivity contribution in [2.75, 3.05) is 7.11 Å². The fourth-order valence-corrected chi connectivity index (χ4v) is 3.35. The molecule has 0 atom stereocenters. The SMILES string of the molecule is COC(=O)c1ccc(Oc2c(C(F)(F)F)oc3cc(OCc4ccccc4C)ccc3c2=O)cc1. The molecular formula is C26H19F3O6. The van der Waals surface area contributed by atoms with Crippen molar-refractivity contribution in [2.45, 2.75) is 19.7 Å². The number of methoxy groups -OCH3 is 1. The molecule has 0 aliphatic heterocycles. The molecule has 3 aromatic carbocycles. The summed E-state index contributed by atoms with van der Waals surface area (Å²) in [6.45, 7) is 2.11. The summed E-state index contributed by atoms with van der Waals surface area (Å²) in [4.78, 5) is 24.5. The Morgan fingerprint density at radius 2 is 1.66 bits per heavy atom. The van der Waals surface area contributed by atoms with E-state index in [1.54, 1.807) is 0 Å². The van der Waals surface area contributed by atoms with Gasteiger partial charge in [-0.15, -0.1) is 0 Å². The number of esters is 1. The number of carbonyl (C=O) groups is 1. The summed E-state index contributed by atoms with van der Waals surface area (Å²) in [7, 11) is 1.20. The maximum absolute atomic E-state index is 13.8. The molecule has 0 fully saturated rings. The summed E-state index contributed by atoms with van der Waals surface area (Å²) >= 11 is 0. The van der Waals surface area contributed by atoms with Crippen LogP contribution in [0.1, 0.15) is 27.2 Å². The van der Waals surface area contributed by atoms with Gasteiger partial charge in [0.1, 0.15) is 23.7 Å². The lowest BCUT2D eigenvalue weighted by Gasteiger charge is -2.14. The van der Waals surface area contributed by atoms with E-state index < -0.39 is 29.1 Å². The van der Waals surface area contributed by atoms with Gasteiger partial charge in [0.25, 0.3) is 5.76 Å². The van der Waals surface area contributed by atoms with Crippen molar-refractivity contribution in [3.05, 3.63) is 99.4 Å². The number of carbonyl (C=O) groups excluding carboxylic acids is 1. The minimum Gasteiger partial charge on any atom is -0.489 e. The van der Waals surface area contributed by atoms with Crippen LogP contribution in [0, 0.1) is 6.92 Å². The molecule has 4 rings (SSSR count). The number of benzene rings is 3. The Morgan fingerprint density at radius 3 is 2.31 bits per heavy atom. The molecule has 1 heterocycles. The molecule has 0 radical (unpaired) electrons. The van der Waals surface area contributed by atoms with Crippen molar-refractivity contribution < 1.29 is 36.6 Å². The average molecular weight is 484 g/mol. The first-order chi connectivity index (χ1) is 16.7. The van der Waals surface area contributed by atoms with E-state index in [1.807, 2.05) is 31.2 Å². The highest BCUT2D eigenvalue weighted by Crippen LogP contribution is 2.38. The zero-order valence-electron chi connectivity index (χ0n) is 18.6. The van der Waals surface area contributed by atoms with E-state index in [9.17, 15) is 22.8 Å². The van der Waals surface area contributed by atoms with Crippen LogP contribution < -0.4 is 14.9 Å². The summed E-state index contributed by atoms with van der Waals surface area (Å²) in [6, 6.07) is 16.7. The lowest BCUT2D eigenvalue weighted by atomic mass is 10.1. The number of rotatable bonds is 6. The second kappa shape index (κ2) is 9.54. The Balaban J connectivity index is 1.69. The molecule has 35 heavy (non-hydrogen) atoms. The van der Waals surface area contributed by atoms with Gasteiger partial charge in [-0.2, -0.15) is 13.2 Å². The molecule has 0 amide bonds. The standard InChI is InChI=1S/C26H19F3O6/c1-15-5-3-4-6-17(15)14-33-19-11-12-20-21(13-19)35-24(26(27,28)29)23(22(20)30)34-18-9-7-16(8-10-18)25(31)32-2/h3-13H,14H2,1-2H3. The second-order valence-electron chi connectivity index (χ2n) is 7.58. The highest BCUT2D eigenvalue weighted by atomic mass is 19.4. The van der Waals surface area contributed by atoms with Crippen LogP contribution in [0.3, 0.4) is 0 Å². The monoisotopic (exact) mass is 484 g/mol. The number of fused-ring (bicyclic) bond motifs is 1. The van der Waals surface area contributed by atoms with Crippen LogP contribution in [0.2, 0.25) is 0 Å². The van der Waals surface area contributed by atoms with Crippen LogP contribution in [0.25, 0.3) is 11.0 Å². The van der Waals surface area contributed by atoms with Gasteiger partial charge in [-0.3, -0.25) is 4.79 Å². The maximum Gasteiger partial charge on any atom is 0.453 e. The van der Waals surface area contributed by atoms with Gasteiger partial charge in [-0.25, -0.2) is 4.79 Å². The van der Waals surface area contributed by atoms with Crippen molar-refractivity contribution in [3.8, 4) is 17.2 Å². The van der Waals surface area contributed by atoms with Crippen molar-refractivity contribution in [3.63, 3.8) is 0 Å². The van der Waals surface area contributed by atoms with Crippen molar-refractivity contribution >= 4 is 16.9 Å². The summed E-state index contributed by atoms with van der Waals surface area (Å²) in [6.07, 6.45) is -5.01. The molecule has 0 spiro atoms. The summed E-state index contributed by atoms with van der Waals surface area (Å²) < 4.78 is 62.0.